The van der Waals surface area contributed by atoms with Gasteiger partial charge >= 0.3 is 12.1 Å². The maximum absolute atomic E-state index is 12.8. The van der Waals surface area contributed by atoms with Gasteiger partial charge in [0.1, 0.15) is 11.9 Å². The normalized spacial score (nSPS) is 37.9. The predicted molar refractivity (Wildman–Crippen MR) is 158 cm³/mol. The van der Waals surface area contributed by atoms with E-state index in [4.69, 9.17) is 4.74 Å². The van der Waals surface area contributed by atoms with Crippen LogP contribution in [0.2, 0.25) is 0 Å². The Morgan fingerprint density at radius 1 is 0.927 bits per heavy atom. The highest BCUT2D eigenvalue weighted by atomic mass is 19.4. The van der Waals surface area contributed by atoms with Crippen LogP contribution in [0, 0.1) is 40.4 Å². The highest BCUT2D eigenvalue weighted by Gasteiger charge is 2.60. The SMILES string of the molecule is CC.CCC(CCCC1CCC2C3CCC4C[C@H](OC(=O)C(F)(F)F)CCC4(C)C3CCC12C)NC(CC)C(C)=O. The molecule has 0 radical (unpaired) electrons. The molecule has 0 aromatic rings. The van der Waals surface area contributed by atoms with E-state index in [9.17, 15) is 22.8 Å². The van der Waals surface area contributed by atoms with E-state index in [2.05, 4.69) is 33.0 Å². The van der Waals surface area contributed by atoms with Crippen LogP contribution < -0.4 is 5.32 Å². The van der Waals surface area contributed by atoms with Crippen molar-refractivity contribution < 1.29 is 27.5 Å². The summed E-state index contributed by atoms with van der Waals surface area (Å²) in [6.45, 7) is 14.9. The molecular weight excluding hydrogens is 527 g/mol. The van der Waals surface area contributed by atoms with Crippen molar-refractivity contribution in [3.63, 3.8) is 0 Å². The van der Waals surface area contributed by atoms with E-state index in [-0.39, 0.29) is 17.2 Å². The van der Waals surface area contributed by atoms with Crippen LogP contribution in [0.15, 0.2) is 0 Å². The van der Waals surface area contributed by atoms with E-state index < -0.39 is 18.2 Å². The third-order valence-corrected chi connectivity index (χ3v) is 12.3. The van der Waals surface area contributed by atoms with Gasteiger partial charge in [-0.25, -0.2) is 4.79 Å². The number of carbonyl (C=O) groups excluding carboxylic acids is 2. The van der Waals surface area contributed by atoms with E-state index in [1.807, 2.05) is 13.8 Å². The van der Waals surface area contributed by atoms with Crippen LogP contribution in [0.5, 0.6) is 0 Å². The van der Waals surface area contributed by atoms with E-state index in [1.54, 1.807) is 6.92 Å². The molecule has 10 atom stereocenters. The Morgan fingerprint density at radius 2 is 1.59 bits per heavy atom. The summed E-state index contributed by atoms with van der Waals surface area (Å²) >= 11 is 0. The number of hydrogen-bond donors (Lipinski definition) is 1. The van der Waals surface area contributed by atoms with Crippen molar-refractivity contribution in [1.82, 2.24) is 5.32 Å². The molecule has 4 rings (SSSR count). The number of ketones is 1. The Hall–Kier alpha value is -1.11. The molecule has 0 spiro atoms. The summed E-state index contributed by atoms with van der Waals surface area (Å²) in [5, 5.41) is 3.60. The van der Waals surface area contributed by atoms with E-state index in [0.717, 1.165) is 49.9 Å². The van der Waals surface area contributed by atoms with Crippen molar-refractivity contribution in [2.24, 2.45) is 40.4 Å². The zero-order valence-corrected chi connectivity index (χ0v) is 26.9. The fraction of sp³-hybridized carbons (Fsp3) is 0.941. The number of nitrogens with one attached hydrogen (secondary N) is 1. The molecule has 9 unspecified atom stereocenters. The van der Waals surface area contributed by atoms with Crippen molar-refractivity contribution in [1.29, 1.82) is 0 Å². The first-order valence-electron chi connectivity index (χ1n) is 16.9. The van der Waals surface area contributed by atoms with Crippen LogP contribution in [-0.4, -0.2) is 36.1 Å². The minimum absolute atomic E-state index is 0.0261. The monoisotopic (exact) mass is 585 g/mol. The van der Waals surface area contributed by atoms with Crippen LogP contribution >= 0.6 is 0 Å². The molecular formula is C34H58F3NO3. The lowest BCUT2D eigenvalue weighted by molar-refractivity contribution is -0.210. The summed E-state index contributed by atoms with van der Waals surface area (Å²) in [6, 6.07) is 0.377. The molecule has 4 aliphatic carbocycles. The molecule has 4 aliphatic rings. The van der Waals surface area contributed by atoms with Crippen molar-refractivity contribution in [2.75, 3.05) is 0 Å². The van der Waals surface area contributed by atoms with E-state index in [1.165, 1.54) is 44.9 Å². The van der Waals surface area contributed by atoms with Crippen molar-refractivity contribution in [2.45, 2.75) is 163 Å². The van der Waals surface area contributed by atoms with Gasteiger partial charge in [0.25, 0.3) is 0 Å². The summed E-state index contributed by atoms with van der Waals surface area (Å²) in [5.74, 6) is 1.42. The average molecular weight is 586 g/mol. The first-order valence-corrected chi connectivity index (χ1v) is 16.9. The van der Waals surface area contributed by atoms with Crippen molar-refractivity contribution in [3.8, 4) is 0 Å². The second-order valence-electron chi connectivity index (χ2n) is 14.0. The summed E-state index contributed by atoms with van der Waals surface area (Å²) in [7, 11) is 0. The van der Waals surface area contributed by atoms with Crippen LogP contribution in [0.25, 0.3) is 0 Å². The van der Waals surface area contributed by atoms with E-state index >= 15 is 0 Å². The second kappa shape index (κ2) is 14.1. The average Bonchev–Trinajstić information content (AvgIpc) is 3.27. The lowest BCUT2D eigenvalue weighted by atomic mass is 9.44. The summed E-state index contributed by atoms with van der Waals surface area (Å²) in [4.78, 5) is 23.4. The molecule has 0 amide bonds. The molecule has 7 heteroatoms. The molecule has 238 valence electrons. The highest BCUT2D eigenvalue weighted by Crippen LogP contribution is 2.68. The number of fused-ring (bicyclic) bond motifs is 5. The summed E-state index contributed by atoms with van der Waals surface area (Å²) in [5.41, 5.74) is 0.542. The molecule has 4 saturated carbocycles. The van der Waals surface area contributed by atoms with Gasteiger partial charge in [0.2, 0.25) is 0 Å². The van der Waals surface area contributed by atoms with Crippen LogP contribution in [0.4, 0.5) is 13.2 Å². The number of Topliss-reactive ketones (excluding diaryl/α,β-unsaturated/α-hetero) is 1. The molecule has 0 heterocycles. The Labute approximate surface area is 247 Å². The first-order chi connectivity index (χ1) is 19.3. The highest BCUT2D eigenvalue weighted by molar-refractivity contribution is 5.81. The third kappa shape index (κ3) is 7.34. The summed E-state index contributed by atoms with van der Waals surface area (Å²) < 4.78 is 43.2. The Kier molecular flexibility index (Phi) is 11.8. The fourth-order valence-electron chi connectivity index (χ4n) is 9.95. The van der Waals surface area contributed by atoms with Gasteiger partial charge in [-0.1, -0.05) is 48.0 Å². The number of halogens is 3. The number of hydrogen-bond acceptors (Lipinski definition) is 4. The fourth-order valence-corrected chi connectivity index (χ4v) is 9.95. The minimum Gasteiger partial charge on any atom is -0.456 e. The molecule has 1 N–H and O–H groups in total. The van der Waals surface area contributed by atoms with Gasteiger partial charge in [0.05, 0.1) is 6.04 Å². The Bertz CT molecular complexity index is 878. The molecule has 0 aliphatic heterocycles. The van der Waals surface area contributed by atoms with Gasteiger partial charge in [-0.15, -0.1) is 0 Å². The summed E-state index contributed by atoms with van der Waals surface area (Å²) in [6.07, 6.45) is 9.33. The first kappa shape index (κ1) is 34.4. The van der Waals surface area contributed by atoms with E-state index in [0.29, 0.717) is 36.1 Å². The number of alkyl halides is 3. The second-order valence-corrected chi connectivity index (χ2v) is 14.0. The minimum atomic E-state index is -4.91. The van der Waals surface area contributed by atoms with Gasteiger partial charge in [-0.05, 0) is 131 Å². The maximum atomic E-state index is 12.8. The smallest absolute Gasteiger partial charge is 0.456 e. The number of carbonyl (C=O) groups is 2. The zero-order valence-electron chi connectivity index (χ0n) is 26.9. The molecule has 0 aromatic carbocycles. The number of ether oxygens (including phenoxy) is 1. The largest absolute Gasteiger partial charge is 0.490 e. The van der Waals surface area contributed by atoms with Crippen molar-refractivity contribution >= 4 is 11.8 Å². The molecule has 0 saturated heterocycles. The standard InChI is InChI=1S/C32H52F3NO3.C2H6/c1-6-23(36-28(7-2)20(3)37)10-8-9-21-12-14-26-25-13-11-22-19-24(39-29(38)32(33,34)35)15-17-31(22,5)27(25)16-18-30(21,26)4;1-2/h21-28,36H,6-19H2,1-5H3;1-2H3/t21?,22?,23?,24-,25?,26?,27?,28?,30?,31?;/m1./s1. The van der Waals surface area contributed by atoms with Gasteiger partial charge < -0.3 is 10.1 Å². The lowest BCUT2D eigenvalue weighted by Gasteiger charge is -2.61. The molecule has 0 aromatic heterocycles. The van der Waals surface area contributed by atoms with Crippen LogP contribution in [0.3, 0.4) is 0 Å². The maximum Gasteiger partial charge on any atom is 0.490 e. The van der Waals surface area contributed by atoms with Gasteiger partial charge in [-0.3, -0.25) is 4.79 Å². The number of rotatable bonds is 10. The molecule has 4 fully saturated rings. The van der Waals surface area contributed by atoms with Gasteiger partial charge in [0.15, 0.2) is 0 Å². The molecule has 4 nitrogen and oxygen atoms in total. The Morgan fingerprint density at radius 3 is 2.20 bits per heavy atom. The Balaban J connectivity index is 0.00000226. The third-order valence-electron chi connectivity index (χ3n) is 12.3. The topological polar surface area (TPSA) is 55.4 Å². The van der Waals surface area contributed by atoms with Crippen molar-refractivity contribution in [3.05, 3.63) is 0 Å². The predicted octanol–water partition coefficient (Wildman–Crippen LogP) is 9.05. The van der Waals surface area contributed by atoms with Gasteiger partial charge in [0, 0.05) is 6.04 Å². The van der Waals surface area contributed by atoms with Crippen LogP contribution in [-0.2, 0) is 14.3 Å². The molecule has 0 bridgehead atoms. The zero-order chi connectivity index (χ0) is 30.6. The molecule has 41 heavy (non-hydrogen) atoms. The van der Waals surface area contributed by atoms with Crippen LogP contribution in [0.1, 0.15) is 138 Å². The quantitative estimate of drug-likeness (QED) is 0.260. The van der Waals surface area contributed by atoms with Gasteiger partial charge in [-0.2, -0.15) is 13.2 Å². The number of esters is 1. The lowest BCUT2D eigenvalue weighted by Crippen LogP contribution is -2.54.